The van der Waals surface area contributed by atoms with Gasteiger partial charge >= 0.3 is 0 Å². The van der Waals surface area contributed by atoms with E-state index in [2.05, 4.69) is 22.4 Å². The molecule has 1 N–H and O–H groups in total. The lowest BCUT2D eigenvalue weighted by atomic mass is 9.95. The first kappa shape index (κ1) is 17.0. The molecule has 0 fully saturated rings. The second-order valence-corrected chi connectivity index (χ2v) is 6.61. The molecule has 0 saturated heterocycles. The standard InChI is InChI=1S/C24H20N2O/c1-17-8-5-12-20(16-18-9-3-2-4-10-18)22(17)24(27)26-21-14-6-11-19-13-7-15-25-23(19)21/h2-15H,16H2,1H3,(H,26,27). The number of benzene rings is 3. The van der Waals surface area contributed by atoms with E-state index in [4.69, 9.17) is 0 Å². The van der Waals surface area contributed by atoms with Gasteiger partial charge in [-0.15, -0.1) is 0 Å². The average Bonchev–Trinajstić information content (AvgIpc) is 2.69. The molecule has 0 aliphatic carbocycles. The van der Waals surface area contributed by atoms with E-state index in [1.54, 1.807) is 6.20 Å². The van der Waals surface area contributed by atoms with E-state index >= 15 is 0 Å². The zero-order valence-corrected chi connectivity index (χ0v) is 15.1. The lowest BCUT2D eigenvalue weighted by Crippen LogP contribution is -2.16. The molecule has 4 rings (SSSR count). The summed E-state index contributed by atoms with van der Waals surface area (Å²) in [6.07, 6.45) is 2.46. The van der Waals surface area contributed by atoms with Crippen LogP contribution >= 0.6 is 0 Å². The lowest BCUT2D eigenvalue weighted by molar-refractivity contribution is 0.102. The fourth-order valence-electron chi connectivity index (χ4n) is 3.41. The molecule has 3 heteroatoms. The largest absolute Gasteiger partial charge is 0.320 e. The highest BCUT2D eigenvalue weighted by molar-refractivity contribution is 6.09. The van der Waals surface area contributed by atoms with Crippen molar-refractivity contribution < 1.29 is 4.79 Å². The van der Waals surface area contributed by atoms with Crippen LogP contribution in [-0.2, 0) is 6.42 Å². The van der Waals surface area contributed by atoms with Crippen molar-refractivity contribution in [2.75, 3.05) is 5.32 Å². The van der Waals surface area contributed by atoms with Crippen LogP contribution in [0, 0.1) is 6.92 Å². The van der Waals surface area contributed by atoms with Crippen LogP contribution in [0.3, 0.4) is 0 Å². The number of amides is 1. The Labute approximate surface area is 158 Å². The zero-order chi connectivity index (χ0) is 18.6. The quantitative estimate of drug-likeness (QED) is 0.535. The first-order valence-corrected chi connectivity index (χ1v) is 9.00. The highest BCUT2D eigenvalue weighted by atomic mass is 16.1. The van der Waals surface area contributed by atoms with E-state index in [1.807, 2.05) is 73.7 Å². The van der Waals surface area contributed by atoms with Crippen molar-refractivity contribution in [2.24, 2.45) is 0 Å². The summed E-state index contributed by atoms with van der Waals surface area (Å²) >= 11 is 0. The fourth-order valence-corrected chi connectivity index (χ4v) is 3.41. The van der Waals surface area contributed by atoms with Crippen LogP contribution in [0.5, 0.6) is 0 Å². The minimum Gasteiger partial charge on any atom is -0.320 e. The number of rotatable bonds is 4. The Balaban J connectivity index is 1.69. The second kappa shape index (κ2) is 7.42. The maximum atomic E-state index is 13.2. The van der Waals surface area contributed by atoms with Gasteiger partial charge < -0.3 is 5.32 Å². The molecule has 1 amide bonds. The number of carbonyl (C=O) groups is 1. The Hall–Kier alpha value is -3.46. The number of hydrogen-bond donors (Lipinski definition) is 1. The van der Waals surface area contributed by atoms with Crippen molar-refractivity contribution in [3.8, 4) is 0 Å². The molecule has 1 aromatic heterocycles. The topological polar surface area (TPSA) is 42.0 Å². The summed E-state index contributed by atoms with van der Waals surface area (Å²) in [4.78, 5) is 17.6. The van der Waals surface area contributed by atoms with Gasteiger partial charge in [0.1, 0.15) is 0 Å². The van der Waals surface area contributed by atoms with Crippen molar-refractivity contribution >= 4 is 22.5 Å². The third kappa shape index (κ3) is 3.58. The zero-order valence-electron chi connectivity index (χ0n) is 15.1. The maximum Gasteiger partial charge on any atom is 0.256 e. The highest BCUT2D eigenvalue weighted by Crippen LogP contribution is 2.24. The molecule has 0 bridgehead atoms. The molecule has 0 aliphatic heterocycles. The molecule has 3 aromatic carbocycles. The number of anilines is 1. The summed E-state index contributed by atoms with van der Waals surface area (Å²) in [5.74, 6) is -0.0998. The highest BCUT2D eigenvalue weighted by Gasteiger charge is 2.16. The predicted molar refractivity (Wildman–Crippen MR) is 110 cm³/mol. The van der Waals surface area contributed by atoms with Crippen molar-refractivity contribution in [1.82, 2.24) is 4.98 Å². The van der Waals surface area contributed by atoms with Crippen molar-refractivity contribution in [2.45, 2.75) is 13.3 Å². The first-order chi connectivity index (χ1) is 13.2. The number of carbonyl (C=O) groups excluding carboxylic acids is 1. The summed E-state index contributed by atoms with van der Waals surface area (Å²) in [5.41, 5.74) is 5.43. The molecular weight excluding hydrogens is 332 g/mol. The van der Waals surface area contributed by atoms with Gasteiger partial charge in [-0.2, -0.15) is 0 Å². The van der Waals surface area contributed by atoms with Crippen LogP contribution in [0.25, 0.3) is 10.9 Å². The normalized spacial score (nSPS) is 10.7. The summed E-state index contributed by atoms with van der Waals surface area (Å²) in [5, 5.41) is 4.07. The number of hydrogen-bond acceptors (Lipinski definition) is 2. The van der Waals surface area contributed by atoms with Gasteiger partial charge in [-0.3, -0.25) is 9.78 Å². The smallest absolute Gasteiger partial charge is 0.256 e. The number of pyridine rings is 1. The molecule has 0 radical (unpaired) electrons. The molecule has 0 spiro atoms. The molecule has 27 heavy (non-hydrogen) atoms. The fraction of sp³-hybridized carbons (Fsp3) is 0.0833. The van der Waals surface area contributed by atoms with Crippen LogP contribution in [0.15, 0.2) is 85.1 Å². The Kier molecular flexibility index (Phi) is 4.67. The van der Waals surface area contributed by atoms with E-state index in [0.29, 0.717) is 0 Å². The SMILES string of the molecule is Cc1cccc(Cc2ccccc2)c1C(=O)Nc1cccc2cccnc12. The van der Waals surface area contributed by atoms with Gasteiger partial charge in [0.25, 0.3) is 5.91 Å². The van der Waals surface area contributed by atoms with E-state index in [9.17, 15) is 4.79 Å². The number of aryl methyl sites for hydroxylation is 1. The molecule has 4 aromatic rings. The summed E-state index contributed by atoms with van der Waals surface area (Å²) < 4.78 is 0. The average molecular weight is 352 g/mol. The molecule has 0 aliphatic rings. The molecule has 132 valence electrons. The van der Waals surface area contributed by atoms with Crippen molar-refractivity contribution in [1.29, 1.82) is 0 Å². The van der Waals surface area contributed by atoms with Crippen molar-refractivity contribution in [3.63, 3.8) is 0 Å². The van der Waals surface area contributed by atoms with Gasteiger partial charge in [0.2, 0.25) is 0 Å². The van der Waals surface area contributed by atoms with Gasteiger partial charge in [0.15, 0.2) is 0 Å². The number of para-hydroxylation sites is 1. The Bertz CT molecular complexity index is 1100. The monoisotopic (exact) mass is 352 g/mol. The molecular formula is C24H20N2O. The van der Waals surface area contributed by atoms with E-state index < -0.39 is 0 Å². The van der Waals surface area contributed by atoms with Gasteiger partial charge in [-0.25, -0.2) is 0 Å². The minimum absolute atomic E-state index is 0.0998. The Morgan fingerprint density at radius 3 is 2.52 bits per heavy atom. The number of nitrogens with zero attached hydrogens (tertiary/aromatic N) is 1. The molecule has 0 saturated carbocycles. The second-order valence-electron chi connectivity index (χ2n) is 6.61. The summed E-state index contributed by atoms with van der Waals surface area (Å²) in [6, 6.07) is 25.9. The maximum absolute atomic E-state index is 13.2. The van der Waals surface area contributed by atoms with Gasteiger partial charge in [-0.05, 0) is 42.2 Å². The lowest BCUT2D eigenvalue weighted by Gasteiger charge is -2.14. The summed E-state index contributed by atoms with van der Waals surface area (Å²) in [6.45, 7) is 1.98. The molecule has 0 unspecified atom stereocenters. The van der Waals surface area contributed by atoms with Crippen LogP contribution in [0.4, 0.5) is 5.69 Å². The molecule has 0 atom stereocenters. The first-order valence-electron chi connectivity index (χ1n) is 9.00. The number of aromatic nitrogens is 1. The summed E-state index contributed by atoms with van der Waals surface area (Å²) in [7, 11) is 0. The van der Waals surface area contributed by atoms with Crippen LogP contribution < -0.4 is 5.32 Å². The third-order valence-electron chi connectivity index (χ3n) is 4.70. The van der Waals surface area contributed by atoms with Gasteiger partial charge in [0.05, 0.1) is 11.2 Å². The Morgan fingerprint density at radius 1 is 0.889 bits per heavy atom. The predicted octanol–water partition coefficient (Wildman–Crippen LogP) is 5.39. The number of fused-ring (bicyclic) bond motifs is 1. The molecule has 3 nitrogen and oxygen atoms in total. The van der Waals surface area contributed by atoms with Crippen LogP contribution in [0.2, 0.25) is 0 Å². The van der Waals surface area contributed by atoms with E-state index in [0.717, 1.165) is 39.7 Å². The van der Waals surface area contributed by atoms with Crippen molar-refractivity contribution in [3.05, 3.63) is 107 Å². The molecule has 1 heterocycles. The van der Waals surface area contributed by atoms with E-state index in [1.165, 1.54) is 5.56 Å². The van der Waals surface area contributed by atoms with E-state index in [-0.39, 0.29) is 5.91 Å². The van der Waals surface area contributed by atoms with Crippen LogP contribution in [-0.4, -0.2) is 10.9 Å². The minimum atomic E-state index is -0.0998. The number of nitrogens with one attached hydrogen (secondary N) is 1. The van der Waals surface area contributed by atoms with Gasteiger partial charge in [0, 0.05) is 17.1 Å². The Morgan fingerprint density at radius 2 is 1.67 bits per heavy atom. The van der Waals surface area contributed by atoms with Gasteiger partial charge in [-0.1, -0.05) is 66.7 Å². The van der Waals surface area contributed by atoms with Crippen LogP contribution in [0.1, 0.15) is 27.0 Å². The third-order valence-corrected chi connectivity index (χ3v) is 4.70.